The molecule has 26 heavy (non-hydrogen) atoms. The van der Waals surface area contributed by atoms with Crippen LogP contribution in [0.5, 0.6) is 11.5 Å². The maximum atomic E-state index is 10.7. The number of phenolic OH excluding ortho intramolecular Hbond substituents is 2. The molecule has 8 heteroatoms. The standard InChI is InChI=1S/C18H30O2S6/c1-4-7-16(21,22)13-11(19)10-12(20)14(17(23,24)8-5-2)15(13)18(25,26)9-6-3/h10,19-26H,4-9H2,1-3H3. The van der Waals surface area contributed by atoms with E-state index in [1.165, 1.54) is 6.07 Å². The van der Waals surface area contributed by atoms with E-state index in [1.807, 2.05) is 20.8 Å². The molecule has 0 saturated carbocycles. The summed E-state index contributed by atoms with van der Waals surface area (Å²) in [5, 5.41) is 21.4. The van der Waals surface area contributed by atoms with E-state index < -0.39 is 12.2 Å². The highest BCUT2D eigenvalue weighted by Gasteiger charge is 2.42. The quantitative estimate of drug-likeness (QED) is 0.156. The van der Waals surface area contributed by atoms with Crippen LogP contribution in [0, 0.1) is 0 Å². The van der Waals surface area contributed by atoms with Crippen molar-refractivity contribution in [1.82, 2.24) is 0 Å². The zero-order valence-electron chi connectivity index (χ0n) is 15.4. The van der Waals surface area contributed by atoms with Gasteiger partial charge in [-0.3, -0.25) is 0 Å². The number of hydrogen-bond donors (Lipinski definition) is 8. The molecule has 0 saturated heterocycles. The highest BCUT2D eigenvalue weighted by molar-refractivity contribution is 8.00. The Balaban J connectivity index is 3.97. The van der Waals surface area contributed by atoms with Crippen molar-refractivity contribution >= 4 is 75.8 Å². The van der Waals surface area contributed by atoms with Gasteiger partial charge in [0.15, 0.2) is 0 Å². The predicted octanol–water partition coefficient (Wildman–Crippen LogP) is 6.54. The van der Waals surface area contributed by atoms with Gasteiger partial charge in [-0.15, -0.1) is 0 Å². The van der Waals surface area contributed by atoms with E-state index in [2.05, 4.69) is 0 Å². The van der Waals surface area contributed by atoms with Crippen molar-refractivity contribution in [3.63, 3.8) is 0 Å². The first-order valence-corrected chi connectivity index (χ1v) is 11.5. The molecule has 0 aromatic heterocycles. The molecule has 0 aliphatic carbocycles. The number of aromatic hydroxyl groups is 2. The summed E-state index contributed by atoms with van der Waals surface area (Å²) >= 11 is 28.5. The lowest BCUT2D eigenvalue weighted by Gasteiger charge is -2.38. The summed E-state index contributed by atoms with van der Waals surface area (Å²) in [4.78, 5) is 0. The minimum atomic E-state index is -0.912. The highest BCUT2D eigenvalue weighted by atomic mass is 32.2. The minimum Gasteiger partial charge on any atom is -0.507 e. The summed E-state index contributed by atoms with van der Waals surface area (Å²) in [7, 11) is 0. The van der Waals surface area contributed by atoms with E-state index in [9.17, 15) is 10.2 Å². The molecular formula is C18H30O2S6. The van der Waals surface area contributed by atoms with Gasteiger partial charge in [0.05, 0.1) is 12.2 Å². The van der Waals surface area contributed by atoms with Crippen LogP contribution in [0.25, 0.3) is 0 Å². The van der Waals surface area contributed by atoms with Crippen LogP contribution in [0.1, 0.15) is 76.0 Å². The van der Waals surface area contributed by atoms with Gasteiger partial charge in [-0.05, 0) is 24.8 Å². The van der Waals surface area contributed by atoms with Gasteiger partial charge in [-0.2, -0.15) is 75.8 Å². The van der Waals surface area contributed by atoms with Gasteiger partial charge in [0.1, 0.15) is 11.5 Å². The predicted molar refractivity (Wildman–Crippen MR) is 133 cm³/mol. The second-order valence-corrected chi connectivity index (χ2v) is 12.4. The van der Waals surface area contributed by atoms with Gasteiger partial charge in [0.2, 0.25) is 0 Å². The number of benzene rings is 1. The molecule has 1 aromatic carbocycles. The Hall–Kier alpha value is 0.920. The third kappa shape index (κ3) is 5.50. The molecule has 0 aliphatic heterocycles. The van der Waals surface area contributed by atoms with E-state index in [0.717, 1.165) is 19.3 Å². The van der Waals surface area contributed by atoms with Crippen LogP contribution in [-0.4, -0.2) is 10.2 Å². The SMILES string of the molecule is CCCC(S)(S)c1c(O)cc(O)c(C(S)(S)CCC)c1C(S)(S)CCC. The van der Waals surface area contributed by atoms with Crippen molar-refractivity contribution < 1.29 is 10.2 Å². The van der Waals surface area contributed by atoms with Gasteiger partial charge < -0.3 is 10.2 Å². The second-order valence-electron chi connectivity index (χ2n) is 6.74. The summed E-state index contributed by atoms with van der Waals surface area (Å²) in [6, 6.07) is 1.32. The Labute approximate surface area is 190 Å². The van der Waals surface area contributed by atoms with Crippen molar-refractivity contribution in [1.29, 1.82) is 0 Å². The lowest BCUT2D eigenvalue weighted by atomic mass is 9.87. The molecule has 2 nitrogen and oxygen atoms in total. The Morgan fingerprint density at radius 2 is 0.885 bits per heavy atom. The molecular weight excluding hydrogens is 441 g/mol. The zero-order valence-corrected chi connectivity index (χ0v) is 20.8. The molecule has 1 rings (SSSR count). The van der Waals surface area contributed by atoms with Crippen molar-refractivity contribution in [3.05, 3.63) is 22.8 Å². The number of hydrogen-bond acceptors (Lipinski definition) is 8. The molecule has 150 valence electrons. The molecule has 0 atom stereocenters. The number of thiol groups is 6. The van der Waals surface area contributed by atoms with Crippen molar-refractivity contribution in [2.24, 2.45) is 0 Å². The van der Waals surface area contributed by atoms with Gasteiger partial charge >= 0.3 is 0 Å². The van der Waals surface area contributed by atoms with Crippen LogP contribution in [-0.2, 0) is 12.2 Å². The molecule has 0 aliphatic rings. The first-order chi connectivity index (χ1) is 11.9. The molecule has 0 spiro atoms. The summed E-state index contributed by atoms with van der Waals surface area (Å²) in [6.07, 6.45) is 4.33. The number of phenols is 2. The van der Waals surface area contributed by atoms with Crippen molar-refractivity contribution in [2.45, 2.75) is 71.5 Å². The summed E-state index contributed by atoms with van der Waals surface area (Å²) < 4.78 is -2.74. The average Bonchev–Trinajstić information content (AvgIpc) is 2.45. The van der Waals surface area contributed by atoms with Crippen LogP contribution in [0.2, 0.25) is 0 Å². The molecule has 0 fully saturated rings. The first kappa shape index (κ1) is 25.0. The fourth-order valence-corrected chi connectivity index (χ4v) is 5.98. The van der Waals surface area contributed by atoms with E-state index in [4.69, 9.17) is 75.8 Å². The minimum absolute atomic E-state index is 0.0720. The monoisotopic (exact) mass is 470 g/mol. The topological polar surface area (TPSA) is 40.5 Å². The Morgan fingerprint density at radius 3 is 1.15 bits per heavy atom. The second kappa shape index (κ2) is 9.61. The Bertz CT molecular complexity index is 586. The zero-order chi connectivity index (χ0) is 20.3. The van der Waals surface area contributed by atoms with E-state index >= 15 is 0 Å². The van der Waals surface area contributed by atoms with E-state index in [1.54, 1.807) is 0 Å². The molecule has 0 amide bonds. The van der Waals surface area contributed by atoms with E-state index in [0.29, 0.717) is 36.0 Å². The van der Waals surface area contributed by atoms with Crippen molar-refractivity contribution in [3.8, 4) is 11.5 Å². The van der Waals surface area contributed by atoms with Crippen LogP contribution in [0.4, 0.5) is 0 Å². The molecule has 1 aromatic rings. The number of rotatable bonds is 9. The first-order valence-electron chi connectivity index (χ1n) is 8.80. The van der Waals surface area contributed by atoms with Crippen LogP contribution >= 0.6 is 75.8 Å². The summed E-state index contributed by atoms with van der Waals surface area (Å²) in [5.74, 6) is -0.144. The average molecular weight is 471 g/mol. The third-order valence-corrected chi connectivity index (χ3v) is 6.97. The largest absolute Gasteiger partial charge is 0.507 e. The summed E-state index contributed by atoms with van der Waals surface area (Å²) in [5.41, 5.74) is 1.63. The fourth-order valence-electron chi connectivity index (χ4n) is 3.29. The van der Waals surface area contributed by atoms with Gasteiger partial charge in [-0.1, -0.05) is 40.0 Å². The lowest BCUT2D eigenvalue weighted by Crippen LogP contribution is -2.26. The van der Waals surface area contributed by atoms with Crippen molar-refractivity contribution in [2.75, 3.05) is 0 Å². The lowest BCUT2D eigenvalue weighted by molar-refractivity contribution is 0.433. The smallest absolute Gasteiger partial charge is 0.125 e. The highest BCUT2D eigenvalue weighted by Crippen LogP contribution is 2.57. The molecule has 0 radical (unpaired) electrons. The summed E-state index contributed by atoms with van der Waals surface area (Å²) in [6.45, 7) is 6.08. The molecule has 0 heterocycles. The fraction of sp³-hybridized carbons (Fsp3) is 0.667. The third-order valence-electron chi connectivity index (χ3n) is 4.28. The van der Waals surface area contributed by atoms with Crippen LogP contribution in [0.15, 0.2) is 6.07 Å². The van der Waals surface area contributed by atoms with Crippen LogP contribution < -0.4 is 0 Å². The molecule has 0 unspecified atom stereocenters. The molecule has 2 N–H and O–H groups in total. The van der Waals surface area contributed by atoms with Gasteiger partial charge in [0, 0.05) is 17.2 Å². The van der Waals surface area contributed by atoms with E-state index in [-0.39, 0.29) is 11.5 Å². The Kier molecular flexibility index (Phi) is 9.23. The normalized spacial score (nSPS) is 13.3. The Morgan fingerprint density at radius 1 is 0.615 bits per heavy atom. The van der Waals surface area contributed by atoms with Gasteiger partial charge in [-0.25, -0.2) is 0 Å². The maximum absolute atomic E-state index is 10.7. The van der Waals surface area contributed by atoms with Crippen LogP contribution in [0.3, 0.4) is 0 Å². The molecule has 0 bridgehead atoms. The maximum Gasteiger partial charge on any atom is 0.125 e. The van der Waals surface area contributed by atoms with Gasteiger partial charge in [0.25, 0.3) is 0 Å².